The average Bonchev–Trinajstić information content (AvgIpc) is 2.99. The molecule has 0 bridgehead atoms. The number of carbonyl (C=O) groups is 2. The molecule has 0 radical (unpaired) electrons. The van der Waals surface area contributed by atoms with Gasteiger partial charge in [0, 0.05) is 55.8 Å². The van der Waals surface area contributed by atoms with Gasteiger partial charge < -0.3 is 24.3 Å². The van der Waals surface area contributed by atoms with Gasteiger partial charge in [-0.05, 0) is 54.9 Å². The molecule has 0 aliphatic carbocycles. The minimum absolute atomic E-state index is 0.0461. The number of ether oxygens (including phenoxy) is 2. The van der Waals surface area contributed by atoms with E-state index in [4.69, 9.17) is 9.47 Å². The Bertz CT molecular complexity index is 1440. The summed E-state index contributed by atoms with van der Waals surface area (Å²) in [7, 11) is -1.27. The molecule has 1 unspecified atom stereocenters. The van der Waals surface area contributed by atoms with E-state index in [2.05, 4.69) is 6.07 Å². The van der Waals surface area contributed by atoms with Gasteiger partial charge in [0.2, 0.25) is 11.8 Å². The third kappa shape index (κ3) is 6.55. The summed E-state index contributed by atoms with van der Waals surface area (Å²) in [4.78, 5) is 41.7. The Balaban J connectivity index is 1.43. The van der Waals surface area contributed by atoms with E-state index in [1.807, 2.05) is 86.7 Å². The van der Waals surface area contributed by atoms with Crippen LogP contribution in [0, 0.1) is 5.92 Å². The summed E-state index contributed by atoms with van der Waals surface area (Å²) >= 11 is 0. The second kappa shape index (κ2) is 13.0. The molecule has 0 aromatic heterocycles. The number of hydrogen-bond donors (Lipinski definition) is 2. The molecule has 5 rings (SSSR count). The molecule has 2 heterocycles. The van der Waals surface area contributed by atoms with E-state index in [1.54, 1.807) is 16.9 Å². The fraction of sp³-hybridized carbons (Fsp3) is 0.412. The maximum Gasteiger partial charge on any atom is 0.231 e. The highest BCUT2D eigenvalue weighted by Gasteiger charge is 2.47. The van der Waals surface area contributed by atoms with Crippen molar-refractivity contribution >= 4 is 31.5 Å². The van der Waals surface area contributed by atoms with Crippen molar-refractivity contribution in [3.63, 3.8) is 0 Å². The summed E-state index contributed by atoms with van der Waals surface area (Å²) in [6.07, 6.45) is 0.432. The number of nitrogens with zero attached hydrogens (tertiary/aromatic N) is 2. The van der Waals surface area contributed by atoms with Crippen molar-refractivity contribution in [1.82, 2.24) is 4.90 Å². The lowest BCUT2D eigenvalue weighted by Gasteiger charge is -2.44. The van der Waals surface area contributed by atoms with Crippen LogP contribution in [0.3, 0.4) is 0 Å². The van der Waals surface area contributed by atoms with E-state index in [0.29, 0.717) is 18.7 Å². The van der Waals surface area contributed by atoms with Crippen molar-refractivity contribution in [2.24, 2.45) is 5.92 Å². The Morgan fingerprint density at radius 1 is 1.09 bits per heavy atom. The SMILES string of the molecule is CO[C@H]1c2cc(N3C(=O)CCc4ccccc43)ccc2O[C@@H](C(CC(=O)N(CCO)Cc2ccccc2)[Si](C)(C)O)[C@@H]1C. The first kappa shape index (κ1) is 30.9. The number of aliphatic hydroxyl groups is 1. The van der Waals surface area contributed by atoms with E-state index < -0.39 is 20.0 Å². The maximum atomic E-state index is 13.7. The molecule has 3 aromatic carbocycles. The number of fused-ring (bicyclic) bond motifs is 2. The van der Waals surface area contributed by atoms with Gasteiger partial charge in [-0.2, -0.15) is 0 Å². The minimum Gasteiger partial charge on any atom is -0.490 e. The number of carbonyl (C=O) groups excluding carboxylic acids is 2. The highest BCUT2D eigenvalue weighted by Crippen LogP contribution is 2.48. The molecule has 2 N–H and O–H groups in total. The predicted octanol–water partition coefficient (Wildman–Crippen LogP) is 5.36. The van der Waals surface area contributed by atoms with Crippen LogP contribution in [0.15, 0.2) is 72.8 Å². The largest absolute Gasteiger partial charge is 0.490 e. The van der Waals surface area contributed by atoms with Crippen molar-refractivity contribution in [3.05, 3.63) is 89.5 Å². The molecule has 9 heteroatoms. The quantitative estimate of drug-likeness (QED) is 0.303. The van der Waals surface area contributed by atoms with Crippen LogP contribution in [0.5, 0.6) is 5.75 Å². The first-order chi connectivity index (χ1) is 20.6. The van der Waals surface area contributed by atoms with Gasteiger partial charge in [0.05, 0.1) is 18.4 Å². The van der Waals surface area contributed by atoms with Gasteiger partial charge >= 0.3 is 0 Å². The lowest BCUT2D eigenvalue weighted by Crippen LogP contribution is -2.50. The third-order valence-corrected chi connectivity index (χ3v) is 11.1. The number of rotatable bonds is 10. The predicted molar refractivity (Wildman–Crippen MR) is 169 cm³/mol. The number of hydrogen-bond acceptors (Lipinski definition) is 6. The number of para-hydroxylation sites is 1. The normalized spacial score (nSPS) is 20.6. The van der Waals surface area contributed by atoms with Gasteiger partial charge in [-0.3, -0.25) is 14.5 Å². The molecule has 2 amide bonds. The summed E-state index contributed by atoms with van der Waals surface area (Å²) in [6.45, 7) is 6.16. The zero-order valence-electron chi connectivity index (χ0n) is 25.4. The lowest BCUT2D eigenvalue weighted by molar-refractivity contribution is -0.133. The Labute approximate surface area is 255 Å². The summed E-state index contributed by atoms with van der Waals surface area (Å²) in [6, 6.07) is 23.4. The average molecular weight is 603 g/mol. The van der Waals surface area contributed by atoms with Gasteiger partial charge in [-0.1, -0.05) is 55.5 Å². The maximum absolute atomic E-state index is 13.7. The fourth-order valence-corrected chi connectivity index (χ4v) is 8.37. The summed E-state index contributed by atoms with van der Waals surface area (Å²) in [5.74, 6) is 0.355. The van der Waals surface area contributed by atoms with Gasteiger partial charge in [-0.15, -0.1) is 0 Å². The zero-order valence-corrected chi connectivity index (χ0v) is 26.4. The van der Waals surface area contributed by atoms with Crippen molar-refractivity contribution < 1.29 is 29.0 Å². The number of benzene rings is 3. The van der Waals surface area contributed by atoms with Crippen LogP contribution < -0.4 is 9.64 Å². The van der Waals surface area contributed by atoms with Crippen molar-refractivity contribution in [2.75, 3.05) is 25.2 Å². The second-order valence-electron chi connectivity index (χ2n) is 12.2. The van der Waals surface area contributed by atoms with Crippen LogP contribution >= 0.6 is 0 Å². The van der Waals surface area contributed by atoms with Crippen LogP contribution in [-0.2, 0) is 27.3 Å². The first-order valence-corrected chi connectivity index (χ1v) is 18.0. The van der Waals surface area contributed by atoms with E-state index in [1.165, 1.54) is 0 Å². The Kier molecular flexibility index (Phi) is 9.36. The number of aryl methyl sites for hydroxylation is 1. The Morgan fingerprint density at radius 2 is 1.81 bits per heavy atom. The number of methoxy groups -OCH3 is 1. The Morgan fingerprint density at radius 3 is 2.51 bits per heavy atom. The van der Waals surface area contributed by atoms with Crippen molar-refractivity contribution in [3.8, 4) is 5.75 Å². The van der Waals surface area contributed by atoms with Crippen molar-refractivity contribution in [2.45, 2.75) is 63.6 Å². The third-order valence-electron chi connectivity index (χ3n) is 8.80. The molecule has 0 saturated heterocycles. The molecular formula is C34H42N2O6Si. The topological polar surface area (TPSA) is 99.5 Å². The van der Waals surface area contributed by atoms with Crippen LogP contribution in [-0.4, -0.2) is 61.3 Å². The smallest absolute Gasteiger partial charge is 0.231 e. The molecule has 8 nitrogen and oxygen atoms in total. The zero-order chi connectivity index (χ0) is 30.7. The number of aliphatic hydroxyl groups excluding tert-OH is 1. The van der Waals surface area contributed by atoms with Crippen LogP contribution in [0.25, 0.3) is 0 Å². The molecule has 43 heavy (non-hydrogen) atoms. The van der Waals surface area contributed by atoms with Gasteiger partial charge in [0.15, 0.2) is 8.32 Å². The van der Waals surface area contributed by atoms with Crippen LogP contribution in [0.2, 0.25) is 18.6 Å². The highest BCUT2D eigenvalue weighted by atomic mass is 28.4. The fourth-order valence-electron chi connectivity index (χ4n) is 6.52. The lowest BCUT2D eigenvalue weighted by atomic mass is 9.86. The summed E-state index contributed by atoms with van der Waals surface area (Å²) < 4.78 is 12.7. The van der Waals surface area contributed by atoms with Crippen molar-refractivity contribution in [1.29, 1.82) is 0 Å². The minimum atomic E-state index is -2.93. The van der Waals surface area contributed by atoms with E-state index in [9.17, 15) is 19.5 Å². The van der Waals surface area contributed by atoms with Gasteiger partial charge in [0.25, 0.3) is 0 Å². The van der Waals surface area contributed by atoms with Gasteiger partial charge in [0.1, 0.15) is 11.9 Å². The van der Waals surface area contributed by atoms with Gasteiger partial charge in [-0.25, -0.2) is 0 Å². The summed E-state index contributed by atoms with van der Waals surface area (Å²) in [5, 5.41) is 9.71. The number of amides is 2. The van der Waals surface area contributed by atoms with E-state index >= 15 is 0 Å². The molecule has 3 aromatic rings. The van der Waals surface area contributed by atoms with E-state index in [0.717, 1.165) is 34.5 Å². The molecule has 2 aliphatic heterocycles. The molecule has 0 fully saturated rings. The first-order valence-electron chi connectivity index (χ1n) is 15.0. The molecular weight excluding hydrogens is 560 g/mol. The molecule has 4 atom stereocenters. The number of anilines is 2. The monoisotopic (exact) mass is 602 g/mol. The van der Waals surface area contributed by atoms with E-state index in [-0.39, 0.29) is 43.4 Å². The Hall–Kier alpha value is -3.50. The summed E-state index contributed by atoms with van der Waals surface area (Å²) in [5.41, 5.74) is 4.18. The molecule has 2 aliphatic rings. The molecule has 0 spiro atoms. The molecule has 0 saturated carbocycles. The molecule has 228 valence electrons. The standard InChI is InChI=1S/C34H42N2O6Si/c1-23-33(41-2)27-20-26(36-28-13-9-8-12-25(28)14-17-31(36)38)15-16-29(27)42-34(23)30(43(3,4)40)21-32(39)35(18-19-37)22-24-10-6-5-7-11-24/h5-13,15-16,20,23,30,33-34,37,40H,14,17-19,21-22H2,1-4H3/t23-,30?,33-,34-/m1/s1. The van der Waals surface area contributed by atoms with Crippen LogP contribution in [0.1, 0.15) is 42.6 Å². The second-order valence-corrected chi connectivity index (χ2v) is 16.2. The highest BCUT2D eigenvalue weighted by molar-refractivity contribution is 6.71. The van der Waals surface area contributed by atoms with Crippen LogP contribution in [0.4, 0.5) is 11.4 Å².